The number of hydrogen-bond donors (Lipinski definition) is 2. The Balaban J connectivity index is 2.90. The molecule has 5 heteroatoms. The van der Waals surface area contributed by atoms with Crippen LogP contribution in [0.2, 0.25) is 0 Å². The number of aliphatic hydroxyl groups excluding tert-OH is 1. The lowest BCUT2D eigenvalue weighted by molar-refractivity contribution is 0.124. The molecule has 0 aromatic heterocycles. The van der Waals surface area contributed by atoms with Gasteiger partial charge in [-0.2, -0.15) is 0 Å². The van der Waals surface area contributed by atoms with Crippen molar-refractivity contribution in [1.29, 1.82) is 0 Å². The average molecular weight is 327 g/mol. The summed E-state index contributed by atoms with van der Waals surface area (Å²) in [7, 11) is -3.27. The molecular weight excluding hydrogens is 298 g/mol. The van der Waals surface area contributed by atoms with Gasteiger partial charge in [0.1, 0.15) is 0 Å². The second-order valence-electron chi connectivity index (χ2n) is 6.32. The molecule has 3 N–H and O–H groups in total. The molecule has 4 nitrogen and oxygen atoms in total. The maximum Gasteiger partial charge on any atom is 0.180 e. The molecule has 0 radical (unpaired) electrons. The average Bonchev–Trinajstić information content (AvgIpc) is 2.47. The van der Waals surface area contributed by atoms with Crippen molar-refractivity contribution in [2.75, 3.05) is 0 Å². The standard InChI is InChI=1S/C17H29NO3S/c1-5-7-16(18)17(19)10-13(4)14-8-6-9-15(11-14)22(20,21)12(2)3/h6,8-9,11-13,16-17,19H,5,7,10,18H2,1-4H3. The Hall–Kier alpha value is -0.910. The van der Waals surface area contributed by atoms with E-state index in [-0.39, 0.29) is 12.0 Å². The third kappa shape index (κ3) is 4.80. The minimum atomic E-state index is -3.27. The summed E-state index contributed by atoms with van der Waals surface area (Å²) < 4.78 is 24.5. The van der Waals surface area contributed by atoms with Gasteiger partial charge < -0.3 is 10.8 Å². The highest BCUT2D eigenvalue weighted by Crippen LogP contribution is 2.26. The Labute approximate surface area is 134 Å². The zero-order valence-corrected chi connectivity index (χ0v) is 14.8. The van der Waals surface area contributed by atoms with Crippen LogP contribution in [-0.2, 0) is 9.84 Å². The predicted molar refractivity (Wildman–Crippen MR) is 90.7 cm³/mol. The van der Waals surface area contributed by atoms with Crippen LogP contribution in [-0.4, -0.2) is 30.9 Å². The zero-order valence-electron chi connectivity index (χ0n) is 14.0. The molecule has 0 saturated carbocycles. The van der Waals surface area contributed by atoms with Gasteiger partial charge in [0, 0.05) is 6.04 Å². The highest BCUT2D eigenvalue weighted by atomic mass is 32.2. The Morgan fingerprint density at radius 3 is 2.41 bits per heavy atom. The third-order valence-electron chi connectivity index (χ3n) is 4.09. The van der Waals surface area contributed by atoms with Crippen LogP contribution in [0.15, 0.2) is 29.2 Å². The number of rotatable bonds is 8. The zero-order chi connectivity index (χ0) is 16.9. The first-order chi connectivity index (χ1) is 10.2. The highest BCUT2D eigenvalue weighted by Gasteiger charge is 2.22. The maximum atomic E-state index is 12.3. The quantitative estimate of drug-likeness (QED) is 0.769. The fourth-order valence-electron chi connectivity index (χ4n) is 2.47. The molecule has 0 aliphatic heterocycles. The first kappa shape index (κ1) is 19.1. The van der Waals surface area contributed by atoms with Gasteiger partial charge in [-0.15, -0.1) is 0 Å². The molecule has 1 aromatic carbocycles. The van der Waals surface area contributed by atoms with E-state index in [0.29, 0.717) is 11.3 Å². The smallest absolute Gasteiger partial charge is 0.180 e. The minimum Gasteiger partial charge on any atom is -0.391 e. The summed E-state index contributed by atoms with van der Waals surface area (Å²) in [4.78, 5) is 0.346. The van der Waals surface area contributed by atoms with Gasteiger partial charge >= 0.3 is 0 Å². The summed E-state index contributed by atoms with van der Waals surface area (Å²) in [5.74, 6) is 0.0558. The third-order valence-corrected chi connectivity index (χ3v) is 6.24. The topological polar surface area (TPSA) is 80.4 Å². The largest absolute Gasteiger partial charge is 0.391 e. The molecule has 0 fully saturated rings. The Kier molecular flexibility index (Phi) is 7.03. The van der Waals surface area contributed by atoms with Crippen LogP contribution in [0.5, 0.6) is 0 Å². The number of aliphatic hydroxyl groups is 1. The Bertz CT molecular complexity index is 569. The SMILES string of the molecule is CCCC(N)C(O)CC(C)c1cccc(S(=O)(=O)C(C)C)c1. The monoisotopic (exact) mass is 327 g/mol. The lowest BCUT2D eigenvalue weighted by atomic mass is 9.91. The van der Waals surface area contributed by atoms with E-state index in [0.717, 1.165) is 18.4 Å². The molecule has 126 valence electrons. The van der Waals surface area contributed by atoms with E-state index >= 15 is 0 Å². The van der Waals surface area contributed by atoms with Crippen molar-refractivity contribution < 1.29 is 13.5 Å². The van der Waals surface area contributed by atoms with Gasteiger partial charge in [0.15, 0.2) is 9.84 Å². The molecule has 22 heavy (non-hydrogen) atoms. The summed E-state index contributed by atoms with van der Waals surface area (Å²) >= 11 is 0. The van der Waals surface area contributed by atoms with Gasteiger partial charge in [-0.1, -0.05) is 32.4 Å². The summed E-state index contributed by atoms with van der Waals surface area (Å²) in [6.45, 7) is 7.39. The van der Waals surface area contributed by atoms with Crippen LogP contribution >= 0.6 is 0 Å². The maximum absolute atomic E-state index is 12.3. The van der Waals surface area contributed by atoms with Crippen molar-refractivity contribution in [3.63, 3.8) is 0 Å². The van der Waals surface area contributed by atoms with E-state index < -0.39 is 21.2 Å². The second-order valence-corrected chi connectivity index (χ2v) is 8.83. The minimum absolute atomic E-state index is 0.0558. The molecule has 0 saturated heterocycles. The van der Waals surface area contributed by atoms with Crippen LogP contribution in [0.25, 0.3) is 0 Å². The van der Waals surface area contributed by atoms with Crippen LogP contribution in [0.3, 0.4) is 0 Å². The number of hydrogen-bond acceptors (Lipinski definition) is 4. The van der Waals surface area contributed by atoms with Crippen LogP contribution in [0.1, 0.15) is 58.4 Å². The van der Waals surface area contributed by atoms with Gasteiger partial charge in [-0.3, -0.25) is 0 Å². The first-order valence-electron chi connectivity index (χ1n) is 7.97. The van der Waals surface area contributed by atoms with E-state index in [1.165, 1.54) is 0 Å². The molecular formula is C17H29NO3S. The normalized spacial score (nSPS) is 16.5. The van der Waals surface area contributed by atoms with E-state index in [1.807, 2.05) is 19.9 Å². The van der Waals surface area contributed by atoms with Crippen molar-refractivity contribution in [2.45, 2.75) is 75.2 Å². The van der Waals surface area contributed by atoms with Crippen LogP contribution in [0.4, 0.5) is 0 Å². The summed E-state index contributed by atoms with van der Waals surface area (Å²) in [5.41, 5.74) is 6.87. The molecule has 1 aromatic rings. The van der Waals surface area contributed by atoms with E-state index in [1.54, 1.807) is 32.0 Å². The summed E-state index contributed by atoms with van der Waals surface area (Å²) in [5, 5.41) is 9.71. The second kappa shape index (κ2) is 8.09. The van der Waals surface area contributed by atoms with Crippen LogP contribution in [0, 0.1) is 0 Å². The van der Waals surface area contributed by atoms with Gasteiger partial charge in [-0.25, -0.2) is 8.42 Å². The van der Waals surface area contributed by atoms with E-state index in [2.05, 4.69) is 0 Å². The van der Waals surface area contributed by atoms with E-state index in [9.17, 15) is 13.5 Å². The molecule has 0 amide bonds. The summed E-state index contributed by atoms with van der Waals surface area (Å²) in [6, 6.07) is 6.79. The first-order valence-corrected chi connectivity index (χ1v) is 9.52. The van der Waals surface area contributed by atoms with Gasteiger partial charge in [0.05, 0.1) is 16.2 Å². The number of sulfone groups is 1. The fourth-order valence-corrected chi connectivity index (χ4v) is 3.58. The number of nitrogens with two attached hydrogens (primary N) is 1. The summed E-state index contributed by atoms with van der Waals surface area (Å²) in [6.07, 6.45) is 1.69. The fraction of sp³-hybridized carbons (Fsp3) is 0.647. The van der Waals surface area contributed by atoms with Crippen LogP contribution < -0.4 is 5.73 Å². The Morgan fingerprint density at radius 2 is 1.86 bits per heavy atom. The van der Waals surface area contributed by atoms with Gasteiger partial charge in [0.2, 0.25) is 0 Å². The molecule has 3 atom stereocenters. The number of benzene rings is 1. The van der Waals surface area contributed by atoms with Crippen molar-refractivity contribution >= 4 is 9.84 Å². The van der Waals surface area contributed by atoms with E-state index in [4.69, 9.17) is 5.73 Å². The van der Waals surface area contributed by atoms with Gasteiger partial charge in [0.25, 0.3) is 0 Å². The van der Waals surface area contributed by atoms with Crippen molar-refractivity contribution in [3.8, 4) is 0 Å². The molecule has 1 rings (SSSR count). The van der Waals surface area contributed by atoms with Crippen molar-refractivity contribution in [1.82, 2.24) is 0 Å². The molecule has 0 heterocycles. The molecule has 0 aliphatic rings. The molecule has 0 spiro atoms. The van der Waals surface area contributed by atoms with Crippen molar-refractivity contribution in [3.05, 3.63) is 29.8 Å². The highest BCUT2D eigenvalue weighted by molar-refractivity contribution is 7.92. The van der Waals surface area contributed by atoms with Gasteiger partial charge in [-0.05, 0) is 50.3 Å². The predicted octanol–water partition coefficient (Wildman–Crippen LogP) is 2.85. The lowest BCUT2D eigenvalue weighted by Crippen LogP contribution is -2.35. The van der Waals surface area contributed by atoms with Crippen molar-refractivity contribution in [2.24, 2.45) is 5.73 Å². The lowest BCUT2D eigenvalue weighted by Gasteiger charge is -2.22. The molecule has 3 unspecified atom stereocenters. The Morgan fingerprint density at radius 1 is 1.23 bits per heavy atom. The molecule has 0 bridgehead atoms. The molecule has 0 aliphatic carbocycles.